The predicted molar refractivity (Wildman–Crippen MR) is 79.6 cm³/mol. The number of ketones is 1. The fraction of sp³-hybridized carbons (Fsp3) is 0.533. The van der Waals surface area contributed by atoms with Gasteiger partial charge in [0, 0.05) is 43.2 Å². The molecule has 1 aromatic carbocycles. The zero-order valence-corrected chi connectivity index (χ0v) is 12.9. The largest absolute Gasteiger partial charge is 0.381 e. The molecule has 0 unspecified atom stereocenters. The summed E-state index contributed by atoms with van der Waals surface area (Å²) in [5, 5.41) is 0. The molecule has 1 aliphatic rings. The number of halogens is 1. The number of methoxy groups -OCH3 is 1. The van der Waals surface area contributed by atoms with Crippen molar-refractivity contribution in [3.05, 3.63) is 34.3 Å². The van der Waals surface area contributed by atoms with E-state index in [2.05, 4.69) is 20.8 Å². The van der Waals surface area contributed by atoms with E-state index in [9.17, 15) is 4.79 Å². The molecule has 3 nitrogen and oxygen atoms in total. The standard InChI is InChI=1S/C15H20BrNO2/c1-19-14-6-9-17(10-7-14)11-8-15(18)12-2-4-13(16)5-3-12/h2-5,14H,6-11H2,1H3. The summed E-state index contributed by atoms with van der Waals surface area (Å²) < 4.78 is 6.35. The van der Waals surface area contributed by atoms with Crippen LogP contribution in [0.15, 0.2) is 28.7 Å². The van der Waals surface area contributed by atoms with E-state index in [-0.39, 0.29) is 5.78 Å². The van der Waals surface area contributed by atoms with Gasteiger partial charge in [0.15, 0.2) is 5.78 Å². The molecule has 0 bridgehead atoms. The zero-order chi connectivity index (χ0) is 13.7. The van der Waals surface area contributed by atoms with Crippen LogP contribution in [0.5, 0.6) is 0 Å². The van der Waals surface area contributed by atoms with Gasteiger partial charge in [0.1, 0.15) is 0 Å². The van der Waals surface area contributed by atoms with E-state index in [1.807, 2.05) is 24.3 Å². The van der Waals surface area contributed by atoms with Crippen molar-refractivity contribution in [2.24, 2.45) is 0 Å². The number of rotatable bonds is 5. The number of Topliss-reactive ketones (excluding diaryl/α,β-unsaturated/α-hetero) is 1. The number of hydrogen-bond donors (Lipinski definition) is 0. The molecule has 1 aliphatic heterocycles. The molecule has 0 N–H and O–H groups in total. The highest BCUT2D eigenvalue weighted by molar-refractivity contribution is 9.10. The van der Waals surface area contributed by atoms with Crippen LogP contribution >= 0.6 is 15.9 Å². The molecular weight excluding hydrogens is 306 g/mol. The lowest BCUT2D eigenvalue weighted by atomic mass is 10.1. The normalized spacial score (nSPS) is 17.6. The Hall–Kier alpha value is -0.710. The van der Waals surface area contributed by atoms with Crippen LogP contribution in [0, 0.1) is 0 Å². The highest BCUT2D eigenvalue weighted by atomic mass is 79.9. The first-order valence-corrected chi connectivity index (χ1v) is 7.52. The molecule has 4 heteroatoms. The lowest BCUT2D eigenvalue weighted by Crippen LogP contribution is -2.37. The molecule has 1 fully saturated rings. The van der Waals surface area contributed by atoms with E-state index in [0.717, 1.165) is 42.5 Å². The summed E-state index contributed by atoms with van der Waals surface area (Å²) in [5.74, 6) is 0.223. The molecule has 0 atom stereocenters. The summed E-state index contributed by atoms with van der Waals surface area (Å²) >= 11 is 3.38. The van der Waals surface area contributed by atoms with Crippen LogP contribution in [0.1, 0.15) is 29.6 Å². The number of carbonyl (C=O) groups excluding carboxylic acids is 1. The number of ether oxygens (including phenoxy) is 1. The highest BCUT2D eigenvalue weighted by Crippen LogP contribution is 2.15. The van der Waals surface area contributed by atoms with Crippen molar-refractivity contribution in [1.29, 1.82) is 0 Å². The van der Waals surface area contributed by atoms with Crippen LogP contribution in [0.25, 0.3) is 0 Å². The van der Waals surface area contributed by atoms with Gasteiger partial charge in [-0.3, -0.25) is 4.79 Å². The summed E-state index contributed by atoms with van der Waals surface area (Å²) in [7, 11) is 1.78. The Morgan fingerprint density at radius 2 is 1.95 bits per heavy atom. The van der Waals surface area contributed by atoms with Crippen molar-refractivity contribution in [2.75, 3.05) is 26.7 Å². The molecule has 0 spiro atoms. The lowest BCUT2D eigenvalue weighted by molar-refractivity contribution is 0.0406. The van der Waals surface area contributed by atoms with Gasteiger partial charge in [0.25, 0.3) is 0 Å². The predicted octanol–water partition coefficient (Wildman–Crippen LogP) is 3.13. The number of carbonyl (C=O) groups is 1. The van der Waals surface area contributed by atoms with Crippen molar-refractivity contribution in [3.8, 4) is 0 Å². The number of likely N-dealkylation sites (tertiary alicyclic amines) is 1. The molecule has 19 heavy (non-hydrogen) atoms. The van der Waals surface area contributed by atoms with Gasteiger partial charge in [-0.05, 0) is 25.0 Å². The number of hydrogen-bond acceptors (Lipinski definition) is 3. The lowest BCUT2D eigenvalue weighted by Gasteiger charge is -2.30. The average Bonchev–Trinajstić information content (AvgIpc) is 2.46. The van der Waals surface area contributed by atoms with Crippen LogP contribution in [0.4, 0.5) is 0 Å². The second-order valence-electron chi connectivity index (χ2n) is 4.96. The summed E-state index contributed by atoms with van der Waals surface area (Å²) in [6, 6.07) is 7.59. The smallest absolute Gasteiger partial charge is 0.164 e. The van der Waals surface area contributed by atoms with Crippen LogP contribution in [0.3, 0.4) is 0 Å². The van der Waals surface area contributed by atoms with Crippen LogP contribution in [-0.4, -0.2) is 43.5 Å². The van der Waals surface area contributed by atoms with Crippen LogP contribution in [-0.2, 0) is 4.74 Å². The minimum atomic E-state index is 0.223. The van der Waals surface area contributed by atoms with Crippen molar-refractivity contribution in [2.45, 2.75) is 25.4 Å². The third kappa shape index (κ3) is 4.41. The first-order chi connectivity index (χ1) is 9.19. The van der Waals surface area contributed by atoms with Gasteiger partial charge in [0.2, 0.25) is 0 Å². The minimum absolute atomic E-state index is 0.223. The third-order valence-corrected chi connectivity index (χ3v) is 4.22. The second kappa shape index (κ2) is 7.17. The molecule has 0 aliphatic carbocycles. The van der Waals surface area contributed by atoms with Crippen molar-refractivity contribution >= 4 is 21.7 Å². The molecule has 0 radical (unpaired) electrons. The maximum absolute atomic E-state index is 12.1. The highest BCUT2D eigenvalue weighted by Gasteiger charge is 2.19. The maximum Gasteiger partial charge on any atom is 0.164 e. The summed E-state index contributed by atoms with van der Waals surface area (Å²) in [4.78, 5) is 14.4. The molecular formula is C15H20BrNO2. The van der Waals surface area contributed by atoms with E-state index >= 15 is 0 Å². The summed E-state index contributed by atoms with van der Waals surface area (Å²) in [6.45, 7) is 2.92. The van der Waals surface area contributed by atoms with E-state index in [1.165, 1.54) is 0 Å². The van der Waals surface area contributed by atoms with E-state index in [4.69, 9.17) is 4.74 Å². The number of nitrogens with zero attached hydrogens (tertiary/aromatic N) is 1. The Bertz CT molecular complexity index is 411. The number of benzene rings is 1. The Labute approximate surface area is 123 Å². The minimum Gasteiger partial charge on any atom is -0.381 e. The van der Waals surface area contributed by atoms with Gasteiger partial charge >= 0.3 is 0 Å². The topological polar surface area (TPSA) is 29.5 Å². The molecule has 1 aromatic rings. The third-order valence-electron chi connectivity index (χ3n) is 3.69. The molecule has 1 heterocycles. The number of piperidine rings is 1. The van der Waals surface area contributed by atoms with Crippen LogP contribution in [0.2, 0.25) is 0 Å². The average molecular weight is 326 g/mol. The first-order valence-electron chi connectivity index (χ1n) is 6.73. The van der Waals surface area contributed by atoms with Gasteiger partial charge in [-0.1, -0.05) is 28.1 Å². The molecule has 0 aromatic heterocycles. The van der Waals surface area contributed by atoms with E-state index < -0.39 is 0 Å². The van der Waals surface area contributed by atoms with Gasteiger partial charge in [0.05, 0.1) is 6.10 Å². The monoisotopic (exact) mass is 325 g/mol. The second-order valence-corrected chi connectivity index (χ2v) is 5.87. The quantitative estimate of drug-likeness (QED) is 0.779. The Morgan fingerprint density at radius 1 is 1.32 bits per heavy atom. The molecule has 104 valence electrons. The SMILES string of the molecule is COC1CCN(CCC(=O)c2ccc(Br)cc2)CC1. The Morgan fingerprint density at radius 3 is 2.53 bits per heavy atom. The zero-order valence-electron chi connectivity index (χ0n) is 11.3. The fourth-order valence-electron chi connectivity index (χ4n) is 2.41. The maximum atomic E-state index is 12.1. The van der Waals surface area contributed by atoms with Crippen molar-refractivity contribution in [1.82, 2.24) is 4.90 Å². The molecule has 0 amide bonds. The van der Waals surface area contributed by atoms with E-state index in [1.54, 1.807) is 7.11 Å². The van der Waals surface area contributed by atoms with Gasteiger partial charge in [-0.25, -0.2) is 0 Å². The van der Waals surface area contributed by atoms with E-state index in [0.29, 0.717) is 12.5 Å². The van der Waals surface area contributed by atoms with Gasteiger partial charge in [-0.15, -0.1) is 0 Å². The first kappa shape index (κ1) is 14.7. The van der Waals surface area contributed by atoms with Gasteiger partial charge in [-0.2, -0.15) is 0 Å². The molecule has 2 rings (SSSR count). The fourth-order valence-corrected chi connectivity index (χ4v) is 2.67. The van der Waals surface area contributed by atoms with Gasteiger partial charge < -0.3 is 9.64 Å². The molecule has 0 saturated carbocycles. The summed E-state index contributed by atoms with van der Waals surface area (Å²) in [6.07, 6.45) is 3.14. The van der Waals surface area contributed by atoms with Crippen LogP contribution < -0.4 is 0 Å². The van der Waals surface area contributed by atoms with Crippen molar-refractivity contribution < 1.29 is 9.53 Å². The molecule has 1 saturated heterocycles. The van der Waals surface area contributed by atoms with Crippen molar-refractivity contribution in [3.63, 3.8) is 0 Å². The Balaban J connectivity index is 1.76. The summed E-state index contributed by atoms with van der Waals surface area (Å²) in [5.41, 5.74) is 0.801. The Kier molecular flexibility index (Phi) is 5.55.